The Labute approximate surface area is 348 Å². The van der Waals surface area contributed by atoms with Crippen molar-refractivity contribution in [2.75, 3.05) is 77.6 Å². The summed E-state index contributed by atoms with van der Waals surface area (Å²) in [5, 5.41) is 0. The van der Waals surface area contributed by atoms with E-state index in [1.807, 2.05) is 0 Å². The summed E-state index contributed by atoms with van der Waals surface area (Å²) in [6.07, 6.45) is 21.2. The average Bonchev–Trinajstić information content (AvgIpc) is 3.02. The van der Waals surface area contributed by atoms with Crippen molar-refractivity contribution in [3.8, 4) is 0 Å². The van der Waals surface area contributed by atoms with Gasteiger partial charge < -0.3 is 37.5 Å². The van der Waals surface area contributed by atoms with Crippen molar-refractivity contribution in [1.29, 1.82) is 0 Å². The molecule has 0 aliphatic heterocycles. The molecule has 2 unspecified atom stereocenters. The summed E-state index contributed by atoms with van der Waals surface area (Å²) in [6, 6.07) is 0. The van der Waals surface area contributed by atoms with Gasteiger partial charge in [-0.05, 0) is 64.2 Å². The van der Waals surface area contributed by atoms with Crippen molar-refractivity contribution in [3.05, 3.63) is 24.3 Å². The molecule has 0 aromatic carbocycles. The number of hydrogen-bond acceptors (Lipinski definition) is 12. The van der Waals surface area contributed by atoms with Crippen LogP contribution in [0.2, 0.25) is 0 Å². The Morgan fingerprint density at radius 3 is 1.10 bits per heavy atom. The first-order chi connectivity index (χ1) is 23.1. The predicted octanol–water partition coefficient (Wildman–Crippen LogP) is -0.465. The molecule has 2 atom stereocenters. The average molecular weight is 775 g/mol. The van der Waals surface area contributed by atoms with Gasteiger partial charge in [-0.25, -0.2) is 16.8 Å². The van der Waals surface area contributed by atoms with E-state index in [9.17, 15) is 25.9 Å². The van der Waals surface area contributed by atoms with Crippen molar-refractivity contribution >= 4 is 20.2 Å². The van der Waals surface area contributed by atoms with E-state index in [0.717, 1.165) is 38.5 Å². The minimum absolute atomic E-state index is 0. The van der Waals surface area contributed by atoms with Crippen LogP contribution in [0.4, 0.5) is 0 Å². The number of hydrogen-bond donors (Lipinski definition) is 0. The number of allylic oxidation sites excluding steroid dienone is 4. The number of rotatable bonds is 37. The van der Waals surface area contributed by atoms with Gasteiger partial charge in [0.1, 0.15) is 12.2 Å². The third-order valence-electron chi connectivity index (χ3n) is 6.97. The van der Waals surface area contributed by atoms with Crippen molar-refractivity contribution in [2.24, 2.45) is 0 Å². The molecule has 0 radical (unpaired) electrons. The maximum absolute atomic E-state index is 10.9. The fourth-order valence-electron chi connectivity index (χ4n) is 4.34. The van der Waals surface area contributed by atoms with Gasteiger partial charge in [-0.15, -0.1) is 0 Å². The van der Waals surface area contributed by atoms with E-state index < -0.39 is 43.9 Å². The molecular formula is C34H64Na2O12S2. The molecule has 0 fully saturated rings. The molecular weight excluding hydrogens is 710 g/mol. The molecule has 16 heteroatoms. The van der Waals surface area contributed by atoms with Crippen LogP contribution in [0.1, 0.15) is 104 Å². The van der Waals surface area contributed by atoms with Gasteiger partial charge in [-0.3, -0.25) is 0 Å². The summed E-state index contributed by atoms with van der Waals surface area (Å²) >= 11 is 0. The molecule has 0 rings (SSSR count). The van der Waals surface area contributed by atoms with Gasteiger partial charge in [-0.2, -0.15) is 0 Å². The first kappa shape index (κ1) is 55.4. The van der Waals surface area contributed by atoms with Gasteiger partial charge in [0.25, 0.3) is 0 Å². The molecule has 286 valence electrons. The van der Waals surface area contributed by atoms with Gasteiger partial charge in [0.05, 0.1) is 59.9 Å². The molecule has 0 saturated carbocycles. The molecule has 50 heavy (non-hydrogen) atoms. The smallest absolute Gasteiger partial charge is 0.748 e. The van der Waals surface area contributed by atoms with Crippen LogP contribution in [0.15, 0.2) is 24.3 Å². The normalized spacial score (nSPS) is 13.4. The Hall–Kier alpha value is 1.06. The van der Waals surface area contributed by atoms with Crippen molar-refractivity contribution < 1.29 is 113 Å². The molecule has 0 N–H and O–H groups in total. The Bertz CT molecular complexity index is 905. The largest absolute Gasteiger partial charge is 1.00 e. The van der Waals surface area contributed by atoms with E-state index in [2.05, 4.69) is 38.2 Å². The topological polar surface area (TPSA) is 170 Å². The molecule has 0 saturated heterocycles. The SMILES string of the molecule is CCCCC/C=C\CCCOCC(COCCOCC(COCCC/C=C\CCCCC)OCCCS(=O)(=O)[O-])OCCCS(=O)(=O)[O-].[Na+].[Na+]. The second kappa shape index (κ2) is 39.7. The van der Waals surface area contributed by atoms with Crippen LogP contribution in [0.3, 0.4) is 0 Å². The molecule has 0 heterocycles. The summed E-state index contributed by atoms with van der Waals surface area (Å²) in [7, 11) is -8.60. The van der Waals surface area contributed by atoms with Crippen molar-refractivity contribution in [3.63, 3.8) is 0 Å². The maximum Gasteiger partial charge on any atom is 1.00 e. The van der Waals surface area contributed by atoms with Crippen molar-refractivity contribution in [2.45, 2.75) is 116 Å². The molecule has 0 aromatic heterocycles. The summed E-state index contributed by atoms with van der Waals surface area (Å²) in [5.74, 6) is -0.981. The molecule has 0 amide bonds. The third-order valence-corrected chi connectivity index (χ3v) is 8.55. The molecule has 0 aromatic rings. The zero-order valence-corrected chi connectivity index (χ0v) is 37.2. The second-order valence-corrected chi connectivity index (χ2v) is 14.8. The van der Waals surface area contributed by atoms with Gasteiger partial charge in [-0.1, -0.05) is 63.8 Å². The quantitative estimate of drug-likeness (QED) is 0.0345. The minimum atomic E-state index is -4.30. The van der Waals surface area contributed by atoms with E-state index in [1.54, 1.807) is 0 Å². The van der Waals surface area contributed by atoms with Crippen LogP contribution < -0.4 is 59.1 Å². The second-order valence-electron chi connectivity index (χ2n) is 11.7. The Kier molecular flexibility index (Phi) is 44.0. The Balaban J connectivity index is -0.0000110. The van der Waals surface area contributed by atoms with Crippen molar-refractivity contribution in [1.82, 2.24) is 0 Å². The molecule has 0 aliphatic carbocycles. The summed E-state index contributed by atoms with van der Waals surface area (Å²) < 4.78 is 99.8. The summed E-state index contributed by atoms with van der Waals surface area (Å²) in [4.78, 5) is 0. The first-order valence-electron chi connectivity index (χ1n) is 17.8. The zero-order valence-electron chi connectivity index (χ0n) is 31.6. The summed E-state index contributed by atoms with van der Waals surface area (Å²) in [6.45, 7) is 7.11. The molecule has 12 nitrogen and oxygen atoms in total. The van der Waals surface area contributed by atoms with Gasteiger partial charge >= 0.3 is 59.1 Å². The number of unbranched alkanes of at least 4 members (excludes halogenated alkanes) is 8. The zero-order chi connectivity index (χ0) is 35.6. The van der Waals surface area contributed by atoms with Crippen LogP contribution in [0, 0.1) is 0 Å². The van der Waals surface area contributed by atoms with E-state index in [1.165, 1.54) is 38.5 Å². The van der Waals surface area contributed by atoms with E-state index in [0.29, 0.717) is 13.2 Å². The van der Waals surface area contributed by atoms with Crippen LogP contribution in [0.5, 0.6) is 0 Å². The monoisotopic (exact) mass is 774 g/mol. The van der Waals surface area contributed by atoms with Crippen LogP contribution in [0.25, 0.3) is 0 Å². The fraction of sp³-hybridized carbons (Fsp3) is 0.882. The molecule has 0 bridgehead atoms. The predicted molar refractivity (Wildman–Crippen MR) is 186 cm³/mol. The first-order valence-corrected chi connectivity index (χ1v) is 20.9. The van der Waals surface area contributed by atoms with Gasteiger partial charge in [0.15, 0.2) is 0 Å². The standard InChI is InChI=1S/C34H66O12S2.2Na/c1-3-5-7-9-11-13-15-17-21-41-29-33(45-23-19-27-47(35,36)37)31-43-25-26-44-32-34(46-24-20-28-48(38,39)40)30-42-22-18-16-14-12-10-8-6-4-2;;/h11-14,33-34H,3-10,15-32H2,1-2H3,(H,35,36,37)(H,38,39,40);;/q;2*+1/p-2/b13-11-,14-12-;;. The van der Waals surface area contributed by atoms with Crippen LogP contribution in [-0.4, -0.2) is 116 Å². The Morgan fingerprint density at radius 2 is 0.780 bits per heavy atom. The van der Waals surface area contributed by atoms with Crippen LogP contribution in [-0.2, 0) is 48.7 Å². The van der Waals surface area contributed by atoms with E-state index in [-0.39, 0.29) is 125 Å². The number of ether oxygens (including phenoxy) is 6. The van der Waals surface area contributed by atoms with Gasteiger partial charge in [0, 0.05) is 37.9 Å². The summed E-state index contributed by atoms with van der Waals surface area (Å²) in [5.41, 5.74) is 0. The van der Waals surface area contributed by atoms with E-state index in [4.69, 9.17) is 28.4 Å². The fourth-order valence-corrected chi connectivity index (χ4v) is 5.28. The molecule has 0 spiro atoms. The molecule has 0 aliphatic rings. The van der Waals surface area contributed by atoms with E-state index >= 15 is 0 Å². The van der Waals surface area contributed by atoms with Crippen LogP contribution >= 0.6 is 0 Å². The third kappa shape index (κ3) is 45.2. The Morgan fingerprint density at radius 1 is 0.460 bits per heavy atom. The van der Waals surface area contributed by atoms with Gasteiger partial charge in [0.2, 0.25) is 0 Å². The minimum Gasteiger partial charge on any atom is -0.748 e. The maximum atomic E-state index is 10.9.